The highest BCUT2D eigenvalue weighted by Crippen LogP contribution is 2.59. The van der Waals surface area contributed by atoms with Gasteiger partial charge in [-0.15, -0.1) is 0 Å². The molecule has 0 bridgehead atoms. The number of fused-ring (bicyclic) bond motifs is 2. The van der Waals surface area contributed by atoms with Gasteiger partial charge < -0.3 is 30.4 Å². The minimum atomic E-state index is -1.51. The lowest BCUT2D eigenvalue weighted by atomic mass is 10.1. The van der Waals surface area contributed by atoms with Crippen molar-refractivity contribution in [1.82, 2.24) is 14.5 Å². The number of aromatic nitrogens is 3. The lowest BCUT2D eigenvalue weighted by Crippen LogP contribution is -2.39. The first-order valence-corrected chi connectivity index (χ1v) is 6.71. The summed E-state index contributed by atoms with van der Waals surface area (Å²) in [5.74, 6) is 0.174. The molecule has 2 aromatic rings. The highest BCUT2D eigenvalue weighted by Gasteiger charge is 2.77. The number of nitriles is 1. The molecule has 0 spiro atoms. The van der Waals surface area contributed by atoms with Gasteiger partial charge in [-0.3, -0.25) is 0 Å². The topological polar surface area (TPSA) is 150 Å². The summed E-state index contributed by atoms with van der Waals surface area (Å²) in [4.78, 5) is 7.98. The molecule has 1 saturated heterocycles. The van der Waals surface area contributed by atoms with Crippen LogP contribution in [-0.4, -0.2) is 60.4 Å². The van der Waals surface area contributed by atoms with Gasteiger partial charge in [0, 0.05) is 6.20 Å². The van der Waals surface area contributed by atoms with Crippen molar-refractivity contribution < 1.29 is 20.1 Å². The number of hydrogen-bond donors (Lipinski definition) is 4. The van der Waals surface area contributed by atoms with E-state index < -0.39 is 30.0 Å². The van der Waals surface area contributed by atoms with E-state index in [1.54, 1.807) is 4.57 Å². The fourth-order valence-electron chi connectivity index (χ4n) is 3.35. The zero-order valence-electron chi connectivity index (χ0n) is 11.3. The standard InChI is InChI=1S/C13H13N5O4/c14-1-5-2-18(12-7(5)11(15)16-4-17-12)8-10-13(8,21)9(20)6(3-19)22-10/h2,4,6,8-10,19-21H,3H2,(H2,15,16,17)/t6-,8?,9?,10?,13?/m1/s1. The second-order valence-electron chi connectivity index (χ2n) is 5.57. The van der Waals surface area contributed by atoms with Crippen LogP contribution in [-0.2, 0) is 4.74 Å². The molecule has 2 aliphatic rings. The molecule has 1 aliphatic carbocycles. The summed E-state index contributed by atoms with van der Waals surface area (Å²) in [6.45, 7) is -0.377. The van der Waals surface area contributed by atoms with Gasteiger partial charge in [0.25, 0.3) is 0 Å². The zero-order valence-corrected chi connectivity index (χ0v) is 11.3. The number of nitrogens with two attached hydrogens (primary N) is 1. The second kappa shape index (κ2) is 4.15. The molecular formula is C13H13N5O4. The monoisotopic (exact) mass is 303 g/mol. The fourth-order valence-corrected chi connectivity index (χ4v) is 3.35. The predicted molar refractivity (Wildman–Crippen MR) is 72.4 cm³/mol. The molecule has 114 valence electrons. The van der Waals surface area contributed by atoms with Crippen molar-refractivity contribution >= 4 is 16.9 Å². The van der Waals surface area contributed by atoms with E-state index in [1.165, 1.54) is 12.5 Å². The molecule has 4 rings (SSSR count). The Kier molecular flexibility index (Phi) is 2.53. The summed E-state index contributed by atoms with van der Waals surface area (Å²) < 4.78 is 7.04. The maximum Gasteiger partial charge on any atom is 0.147 e. The molecule has 9 nitrogen and oxygen atoms in total. The number of nitrogens with zero attached hydrogens (tertiary/aromatic N) is 4. The number of rotatable bonds is 2. The third kappa shape index (κ3) is 1.39. The van der Waals surface area contributed by atoms with Crippen molar-refractivity contribution in [2.75, 3.05) is 12.3 Å². The van der Waals surface area contributed by atoms with Crippen LogP contribution < -0.4 is 5.73 Å². The molecule has 1 aliphatic heterocycles. The van der Waals surface area contributed by atoms with Crippen LogP contribution in [0.1, 0.15) is 11.6 Å². The molecule has 0 radical (unpaired) electrons. The molecule has 5 atom stereocenters. The van der Waals surface area contributed by atoms with Crippen LogP contribution in [0.2, 0.25) is 0 Å². The van der Waals surface area contributed by atoms with E-state index in [-0.39, 0.29) is 18.0 Å². The molecule has 2 fully saturated rings. The Balaban J connectivity index is 1.83. The normalized spacial score (nSPS) is 36.3. The Morgan fingerprint density at radius 2 is 2.27 bits per heavy atom. The number of hydrogen-bond acceptors (Lipinski definition) is 8. The van der Waals surface area contributed by atoms with E-state index in [9.17, 15) is 15.5 Å². The van der Waals surface area contributed by atoms with Crippen molar-refractivity contribution in [3.63, 3.8) is 0 Å². The summed E-state index contributed by atoms with van der Waals surface area (Å²) in [7, 11) is 0. The minimum absolute atomic E-state index is 0.174. The average Bonchev–Trinajstić information content (AvgIpc) is 2.81. The quantitative estimate of drug-likeness (QED) is 0.512. The Hall–Kier alpha value is -2.25. The maximum atomic E-state index is 10.6. The Morgan fingerprint density at radius 1 is 1.50 bits per heavy atom. The first-order valence-electron chi connectivity index (χ1n) is 6.71. The summed E-state index contributed by atoms with van der Waals surface area (Å²) in [6, 6.07) is 1.42. The average molecular weight is 303 g/mol. The summed E-state index contributed by atoms with van der Waals surface area (Å²) >= 11 is 0. The lowest BCUT2D eigenvalue weighted by molar-refractivity contribution is -0.0611. The van der Waals surface area contributed by atoms with Gasteiger partial charge in [-0.05, 0) is 0 Å². The van der Waals surface area contributed by atoms with E-state index in [1.807, 2.05) is 6.07 Å². The minimum Gasteiger partial charge on any atom is -0.394 e. The van der Waals surface area contributed by atoms with E-state index in [4.69, 9.17) is 15.6 Å². The van der Waals surface area contributed by atoms with Crippen LogP contribution in [0, 0.1) is 11.3 Å². The van der Waals surface area contributed by atoms with E-state index in [0.29, 0.717) is 11.0 Å². The zero-order chi connectivity index (χ0) is 15.6. The Bertz CT molecular complexity index is 815. The summed E-state index contributed by atoms with van der Waals surface area (Å²) in [6.07, 6.45) is 0.0855. The van der Waals surface area contributed by atoms with Crippen LogP contribution in [0.15, 0.2) is 12.5 Å². The van der Waals surface area contributed by atoms with Crippen LogP contribution >= 0.6 is 0 Å². The third-order valence-electron chi connectivity index (χ3n) is 4.49. The van der Waals surface area contributed by atoms with E-state index >= 15 is 0 Å². The van der Waals surface area contributed by atoms with Crippen LogP contribution in [0.4, 0.5) is 5.82 Å². The summed E-state index contributed by atoms with van der Waals surface area (Å²) in [5, 5.41) is 39.5. The van der Waals surface area contributed by atoms with Gasteiger partial charge in [-0.1, -0.05) is 0 Å². The van der Waals surface area contributed by atoms with Gasteiger partial charge in [0.05, 0.1) is 23.6 Å². The predicted octanol–water partition coefficient (Wildman–Crippen LogP) is -1.71. The van der Waals surface area contributed by atoms with Gasteiger partial charge in [-0.2, -0.15) is 5.26 Å². The van der Waals surface area contributed by atoms with Crippen LogP contribution in [0.3, 0.4) is 0 Å². The van der Waals surface area contributed by atoms with Crippen molar-refractivity contribution in [3.05, 3.63) is 18.1 Å². The second-order valence-corrected chi connectivity index (χ2v) is 5.57. The van der Waals surface area contributed by atoms with Crippen LogP contribution in [0.25, 0.3) is 11.0 Å². The molecule has 2 aromatic heterocycles. The van der Waals surface area contributed by atoms with Gasteiger partial charge in [0.15, 0.2) is 0 Å². The van der Waals surface area contributed by atoms with Gasteiger partial charge >= 0.3 is 0 Å². The van der Waals surface area contributed by atoms with Crippen molar-refractivity contribution in [2.24, 2.45) is 0 Å². The van der Waals surface area contributed by atoms with Gasteiger partial charge in [0.2, 0.25) is 0 Å². The smallest absolute Gasteiger partial charge is 0.147 e. The largest absolute Gasteiger partial charge is 0.394 e. The highest BCUT2D eigenvalue weighted by atomic mass is 16.6. The lowest BCUT2D eigenvalue weighted by Gasteiger charge is -2.21. The van der Waals surface area contributed by atoms with Crippen LogP contribution in [0.5, 0.6) is 0 Å². The van der Waals surface area contributed by atoms with E-state index in [0.717, 1.165) is 0 Å². The number of aliphatic hydroxyl groups excluding tert-OH is 2. The maximum absolute atomic E-state index is 10.6. The number of ether oxygens (including phenoxy) is 1. The van der Waals surface area contributed by atoms with Gasteiger partial charge in [0.1, 0.15) is 47.8 Å². The fraction of sp³-hybridized carbons (Fsp3) is 0.462. The first-order chi connectivity index (χ1) is 10.5. The molecule has 9 heteroatoms. The third-order valence-corrected chi connectivity index (χ3v) is 4.49. The van der Waals surface area contributed by atoms with E-state index in [2.05, 4.69) is 9.97 Å². The Morgan fingerprint density at radius 3 is 2.86 bits per heavy atom. The van der Waals surface area contributed by atoms with Crippen molar-refractivity contribution in [1.29, 1.82) is 5.26 Å². The van der Waals surface area contributed by atoms with Crippen molar-refractivity contribution in [3.8, 4) is 6.07 Å². The molecular weight excluding hydrogens is 290 g/mol. The molecule has 1 saturated carbocycles. The SMILES string of the molecule is N#Cc1cn(C2C3O[C@H](CO)C(O)C32O)c2ncnc(N)c12. The molecule has 0 amide bonds. The molecule has 4 unspecified atom stereocenters. The number of aliphatic hydroxyl groups is 3. The molecule has 5 N–H and O–H groups in total. The Labute approximate surface area is 124 Å². The molecule has 22 heavy (non-hydrogen) atoms. The van der Waals surface area contributed by atoms with Crippen molar-refractivity contribution in [2.45, 2.75) is 30.0 Å². The van der Waals surface area contributed by atoms with Gasteiger partial charge in [-0.25, -0.2) is 9.97 Å². The molecule has 3 heterocycles. The number of nitrogen functional groups attached to an aromatic ring is 1. The molecule has 0 aromatic carbocycles. The first kappa shape index (κ1) is 13.4. The summed E-state index contributed by atoms with van der Waals surface area (Å²) in [5.41, 5.74) is 4.97. The number of anilines is 1. The highest BCUT2D eigenvalue weighted by molar-refractivity contribution is 5.92.